The molecule has 6 nitrogen and oxygen atoms in total. The predicted molar refractivity (Wildman–Crippen MR) is 117 cm³/mol. The van der Waals surface area contributed by atoms with E-state index in [2.05, 4.69) is 15.3 Å². The fourth-order valence-corrected chi connectivity index (χ4v) is 4.71. The van der Waals surface area contributed by atoms with Gasteiger partial charge in [-0.05, 0) is 36.4 Å². The molecular weight excluding hydrogens is 415 g/mol. The van der Waals surface area contributed by atoms with Crippen LogP contribution in [-0.4, -0.2) is 27.8 Å². The van der Waals surface area contributed by atoms with Crippen LogP contribution in [0.25, 0.3) is 0 Å². The van der Waals surface area contributed by atoms with E-state index in [-0.39, 0.29) is 23.3 Å². The maximum Gasteiger partial charge on any atom is 0.279 e. The van der Waals surface area contributed by atoms with Crippen LogP contribution >= 0.6 is 11.3 Å². The average Bonchev–Trinajstić information content (AvgIpc) is 3.33. The Bertz CT molecular complexity index is 1020. The van der Waals surface area contributed by atoms with Crippen molar-refractivity contribution >= 4 is 28.8 Å². The molecule has 1 aliphatic rings. The number of nitrogens with zero attached hydrogens (tertiary/aromatic N) is 3. The van der Waals surface area contributed by atoms with Gasteiger partial charge in [-0.1, -0.05) is 37.5 Å². The van der Waals surface area contributed by atoms with Gasteiger partial charge in [0.1, 0.15) is 11.5 Å². The first-order chi connectivity index (χ1) is 15.1. The van der Waals surface area contributed by atoms with Gasteiger partial charge in [-0.3, -0.25) is 19.5 Å². The fourth-order valence-electron chi connectivity index (χ4n) is 3.89. The minimum absolute atomic E-state index is 0.0235. The second-order valence-electron chi connectivity index (χ2n) is 7.48. The Balaban J connectivity index is 1.77. The summed E-state index contributed by atoms with van der Waals surface area (Å²) in [4.78, 5) is 36.9. The first kappa shape index (κ1) is 21.1. The lowest BCUT2D eigenvalue weighted by Crippen LogP contribution is -2.47. The standard InChI is InChI=1S/C23H23FN4O2S/c24-17-9-4-5-10-19(17)28(23(30)18-15-25-12-13-26-18)21(20-11-6-14-31-20)22(29)27-16-7-2-1-3-8-16/h4-6,9-16,21H,1-3,7-8H2,(H,27,29)/t21-/m0/s1. The Morgan fingerprint density at radius 1 is 1.10 bits per heavy atom. The van der Waals surface area contributed by atoms with E-state index in [1.807, 2.05) is 11.4 Å². The van der Waals surface area contributed by atoms with Gasteiger partial charge in [0.05, 0.1) is 11.9 Å². The molecule has 4 rings (SSSR count). The zero-order valence-electron chi connectivity index (χ0n) is 16.9. The summed E-state index contributed by atoms with van der Waals surface area (Å²) in [6.07, 6.45) is 9.26. The normalized spacial score (nSPS) is 15.3. The molecule has 2 heterocycles. The number of thiophene rings is 1. The number of hydrogen-bond donors (Lipinski definition) is 1. The van der Waals surface area contributed by atoms with E-state index < -0.39 is 17.8 Å². The molecule has 1 saturated carbocycles. The summed E-state index contributed by atoms with van der Waals surface area (Å²) in [5.74, 6) is -1.50. The van der Waals surface area contributed by atoms with E-state index in [4.69, 9.17) is 0 Å². The second kappa shape index (κ2) is 9.78. The zero-order chi connectivity index (χ0) is 21.6. The van der Waals surface area contributed by atoms with Crippen molar-refractivity contribution in [3.05, 3.63) is 76.8 Å². The molecule has 8 heteroatoms. The van der Waals surface area contributed by atoms with Crippen molar-refractivity contribution in [2.45, 2.75) is 44.2 Å². The van der Waals surface area contributed by atoms with Crippen molar-refractivity contribution in [1.82, 2.24) is 15.3 Å². The summed E-state index contributed by atoms with van der Waals surface area (Å²) in [5.41, 5.74) is 0.0631. The smallest absolute Gasteiger partial charge is 0.279 e. The summed E-state index contributed by atoms with van der Waals surface area (Å²) in [7, 11) is 0. The minimum Gasteiger partial charge on any atom is -0.351 e. The number of carbonyl (C=O) groups is 2. The van der Waals surface area contributed by atoms with Gasteiger partial charge in [-0.2, -0.15) is 0 Å². The number of amides is 2. The van der Waals surface area contributed by atoms with Crippen molar-refractivity contribution < 1.29 is 14.0 Å². The van der Waals surface area contributed by atoms with Crippen LogP contribution in [0.4, 0.5) is 10.1 Å². The number of nitrogens with one attached hydrogen (secondary N) is 1. The van der Waals surface area contributed by atoms with Crippen molar-refractivity contribution in [2.24, 2.45) is 0 Å². The van der Waals surface area contributed by atoms with Crippen molar-refractivity contribution in [1.29, 1.82) is 0 Å². The molecule has 1 aromatic carbocycles. The Kier molecular flexibility index (Phi) is 6.66. The molecule has 31 heavy (non-hydrogen) atoms. The highest BCUT2D eigenvalue weighted by molar-refractivity contribution is 7.10. The molecule has 1 atom stereocenters. The van der Waals surface area contributed by atoms with Crippen LogP contribution < -0.4 is 10.2 Å². The van der Waals surface area contributed by atoms with Crippen LogP contribution in [0.5, 0.6) is 0 Å². The average molecular weight is 439 g/mol. The Hall–Kier alpha value is -3.13. The molecule has 2 amide bonds. The van der Waals surface area contributed by atoms with E-state index in [9.17, 15) is 14.0 Å². The molecule has 1 N–H and O–H groups in total. The SMILES string of the molecule is O=C(NC1CCCCC1)[C@H](c1cccs1)N(C(=O)c1cnccn1)c1ccccc1F. The van der Waals surface area contributed by atoms with Gasteiger partial charge in [0.15, 0.2) is 6.04 Å². The third-order valence-electron chi connectivity index (χ3n) is 5.38. The molecule has 2 aromatic heterocycles. The molecule has 0 unspecified atom stereocenters. The number of rotatable bonds is 6. The summed E-state index contributed by atoms with van der Waals surface area (Å²) in [6, 6.07) is 8.59. The molecule has 0 bridgehead atoms. The molecular formula is C23H23FN4O2S. The van der Waals surface area contributed by atoms with Crippen LogP contribution in [0.15, 0.2) is 60.4 Å². The van der Waals surface area contributed by atoms with Crippen molar-refractivity contribution in [2.75, 3.05) is 4.90 Å². The van der Waals surface area contributed by atoms with Crippen LogP contribution in [0, 0.1) is 5.82 Å². The third kappa shape index (κ3) is 4.80. The number of halogens is 1. The number of para-hydroxylation sites is 1. The van der Waals surface area contributed by atoms with Crippen LogP contribution in [0.3, 0.4) is 0 Å². The summed E-state index contributed by atoms with van der Waals surface area (Å²) in [6.45, 7) is 0. The lowest BCUT2D eigenvalue weighted by Gasteiger charge is -2.32. The molecule has 0 saturated heterocycles. The van der Waals surface area contributed by atoms with E-state index in [1.54, 1.807) is 18.2 Å². The molecule has 160 valence electrons. The summed E-state index contributed by atoms with van der Waals surface area (Å²) >= 11 is 1.35. The van der Waals surface area contributed by atoms with Crippen LogP contribution in [0.1, 0.15) is 53.5 Å². The molecule has 1 aliphatic carbocycles. The Morgan fingerprint density at radius 3 is 2.58 bits per heavy atom. The quantitative estimate of drug-likeness (QED) is 0.614. The largest absolute Gasteiger partial charge is 0.351 e. The minimum atomic E-state index is -1.02. The van der Waals surface area contributed by atoms with Gasteiger partial charge in [0.2, 0.25) is 5.91 Å². The zero-order valence-corrected chi connectivity index (χ0v) is 17.7. The highest BCUT2D eigenvalue weighted by atomic mass is 32.1. The molecule has 0 radical (unpaired) electrons. The highest BCUT2D eigenvalue weighted by Crippen LogP contribution is 2.33. The lowest BCUT2D eigenvalue weighted by atomic mass is 9.95. The maximum atomic E-state index is 14.9. The number of aromatic nitrogens is 2. The van der Waals surface area contributed by atoms with Crippen molar-refractivity contribution in [3.63, 3.8) is 0 Å². The van der Waals surface area contributed by atoms with E-state index in [0.29, 0.717) is 4.88 Å². The van der Waals surface area contributed by atoms with Gasteiger partial charge in [-0.25, -0.2) is 9.37 Å². The lowest BCUT2D eigenvalue weighted by molar-refractivity contribution is -0.123. The molecule has 0 spiro atoms. The van der Waals surface area contributed by atoms with Gasteiger partial charge in [0.25, 0.3) is 5.91 Å². The summed E-state index contributed by atoms with van der Waals surface area (Å²) in [5, 5.41) is 4.93. The number of benzene rings is 1. The number of hydrogen-bond acceptors (Lipinski definition) is 5. The van der Waals surface area contributed by atoms with Crippen LogP contribution in [0.2, 0.25) is 0 Å². The molecule has 0 aliphatic heterocycles. The topological polar surface area (TPSA) is 75.2 Å². The van der Waals surface area contributed by atoms with Crippen molar-refractivity contribution in [3.8, 4) is 0 Å². The maximum absolute atomic E-state index is 14.9. The first-order valence-electron chi connectivity index (χ1n) is 10.3. The fraction of sp³-hybridized carbons (Fsp3) is 0.304. The Labute approximate surface area is 184 Å². The van der Waals surface area contributed by atoms with Crippen LogP contribution in [-0.2, 0) is 4.79 Å². The molecule has 3 aromatic rings. The number of carbonyl (C=O) groups excluding carboxylic acids is 2. The number of anilines is 1. The summed E-state index contributed by atoms with van der Waals surface area (Å²) < 4.78 is 14.9. The van der Waals surface area contributed by atoms with Gasteiger partial charge in [-0.15, -0.1) is 11.3 Å². The Morgan fingerprint density at radius 2 is 1.90 bits per heavy atom. The second-order valence-corrected chi connectivity index (χ2v) is 8.46. The third-order valence-corrected chi connectivity index (χ3v) is 6.31. The van der Waals surface area contributed by atoms with Gasteiger partial charge < -0.3 is 5.32 Å². The monoisotopic (exact) mass is 438 g/mol. The molecule has 1 fully saturated rings. The highest BCUT2D eigenvalue weighted by Gasteiger charge is 2.37. The van der Waals surface area contributed by atoms with E-state index in [1.165, 1.54) is 47.0 Å². The van der Waals surface area contributed by atoms with Gasteiger partial charge in [0, 0.05) is 23.3 Å². The van der Waals surface area contributed by atoms with E-state index >= 15 is 0 Å². The van der Waals surface area contributed by atoms with E-state index in [0.717, 1.165) is 32.1 Å². The predicted octanol–water partition coefficient (Wildman–Crippen LogP) is 4.51. The first-order valence-corrected chi connectivity index (χ1v) is 11.2. The van der Waals surface area contributed by atoms with Gasteiger partial charge >= 0.3 is 0 Å².